The molecule has 116 valence electrons. The highest BCUT2D eigenvalue weighted by Crippen LogP contribution is 2.32. The summed E-state index contributed by atoms with van der Waals surface area (Å²) in [5, 5.41) is 5.03. The van der Waals surface area contributed by atoms with Gasteiger partial charge in [-0.1, -0.05) is 26.7 Å². The molecule has 0 atom stereocenters. The average molecular weight is 305 g/mol. The van der Waals surface area contributed by atoms with Gasteiger partial charge < -0.3 is 4.74 Å². The third-order valence-electron chi connectivity index (χ3n) is 2.74. The molecular weight excluding hydrogens is 283 g/mol. The molecule has 2 N–H and O–H groups in total. The highest BCUT2D eigenvalue weighted by atomic mass is 32.2. The number of nitrogens with two attached hydrogens (primary N) is 1. The maximum atomic E-state index is 12.1. The minimum Gasteiger partial charge on any atom is -0.371 e. The van der Waals surface area contributed by atoms with Gasteiger partial charge in [-0.3, -0.25) is 0 Å². The van der Waals surface area contributed by atoms with Crippen molar-refractivity contribution >= 4 is 10.0 Å². The second-order valence-corrected chi connectivity index (χ2v) is 6.53. The van der Waals surface area contributed by atoms with Crippen molar-refractivity contribution in [3.05, 3.63) is 0 Å². The van der Waals surface area contributed by atoms with Gasteiger partial charge in [-0.15, -0.1) is 0 Å². The summed E-state index contributed by atoms with van der Waals surface area (Å²) in [5.41, 5.74) is -0.831. The van der Waals surface area contributed by atoms with Crippen LogP contribution >= 0.6 is 0 Å². The maximum absolute atomic E-state index is 12.1. The number of halogens is 3. The molecule has 0 spiro atoms. The van der Waals surface area contributed by atoms with Crippen LogP contribution in [0, 0.1) is 5.41 Å². The van der Waals surface area contributed by atoms with E-state index in [1.54, 1.807) is 0 Å². The molecule has 0 saturated heterocycles. The highest BCUT2D eigenvalue weighted by Gasteiger charge is 2.35. The Bertz CT molecular complexity index is 349. The normalized spacial score (nSPS) is 13.8. The first kappa shape index (κ1) is 18.7. The molecule has 0 unspecified atom stereocenters. The molecule has 0 bridgehead atoms. The zero-order chi connectivity index (χ0) is 15.2. The molecule has 0 aromatic heterocycles. The molecule has 0 radical (unpaired) electrons. The van der Waals surface area contributed by atoms with E-state index in [9.17, 15) is 21.6 Å². The molecule has 8 heteroatoms. The summed E-state index contributed by atoms with van der Waals surface area (Å²) in [5.74, 6) is -0.348. The van der Waals surface area contributed by atoms with Gasteiger partial charge in [-0.05, 0) is 12.8 Å². The van der Waals surface area contributed by atoms with Gasteiger partial charge in [0, 0.05) is 5.41 Å². The van der Waals surface area contributed by atoms with Gasteiger partial charge in [0.15, 0.2) is 0 Å². The Kier molecular flexibility index (Phi) is 7.31. The fourth-order valence-corrected chi connectivity index (χ4v) is 3.55. The molecule has 4 nitrogen and oxygen atoms in total. The number of alkyl halides is 3. The Morgan fingerprint density at radius 2 is 1.53 bits per heavy atom. The third kappa shape index (κ3) is 9.23. The lowest BCUT2D eigenvalue weighted by Gasteiger charge is -2.32. The Labute approximate surface area is 112 Å². The van der Waals surface area contributed by atoms with Crippen molar-refractivity contribution < 1.29 is 26.3 Å². The summed E-state index contributed by atoms with van der Waals surface area (Å²) < 4.78 is 63.4. The van der Waals surface area contributed by atoms with E-state index in [0.29, 0.717) is 25.7 Å². The molecule has 0 aliphatic carbocycles. The first-order valence-electron chi connectivity index (χ1n) is 6.18. The van der Waals surface area contributed by atoms with E-state index in [1.165, 1.54) is 0 Å². The summed E-state index contributed by atoms with van der Waals surface area (Å²) in [6.07, 6.45) is -2.16. The van der Waals surface area contributed by atoms with Crippen LogP contribution in [0.4, 0.5) is 13.2 Å². The predicted molar refractivity (Wildman–Crippen MR) is 67.1 cm³/mol. The van der Waals surface area contributed by atoms with E-state index in [2.05, 4.69) is 4.74 Å². The fourth-order valence-electron chi connectivity index (χ4n) is 2.33. The van der Waals surface area contributed by atoms with Gasteiger partial charge in [0.25, 0.3) is 0 Å². The molecular formula is C11H22F3NO3S. The summed E-state index contributed by atoms with van der Waals surface area (Å²) in [4.78, 5) is 0. The van der Waals surface area contributed by atoms with Crippen molar-refractivity contribution in [3.63, 3.8) is 0 Å². The van der Waals surface area contributed by atoms with Crippen LogP contribution in [-0.2, 0) is 14.8 Å². The van der Waals surface area contributed by atoms with Crippen LogP contribution in [0.25, 0.3) is 0 Å². The van der Waals surface area contributed by atoms with Crippen LogP contribution in [0.1, 0.15) is 39.5 Å². The van der Waals surface area contributed by atoms with Gasteiger partial charge in [-0.25, -0.2) is 13.6 Å². The number of sulfonamides is 1. The Balaban J connectivity index is 4.80. The lowest BCUT2D eigenvalue weighted by Crippen LogP contribution is -2.38. The molecule has 0 rings (SSSR count). The summed E-state index contributed by atoms with van der Waals surface area (Å²) in [6.45, 7) is 2.08. The monoisotopic (exact) mass is 305 g/mol. The molecule has 0 aliphatic heterocycles. The maximum Gasteiger partial charge on any atom is 0.411 e. The average Bonchev–Trinajstić information content (AvgIpc) is 2.13. The van der Waals surface area contributed by atoms with E-state index in [4.69, 9.17) is 5.14 Å². The zero-order valence-corrected chi connectivity index (χ0v) is 12.1. The van der Waals surface area contributed by atoms with Gasteiger partial charge in [0.2, 0.25) is 10.0 Å². The zero-order valence-electron chi connectivity index (χ0n) is 11.3. The van der Waals surface area contributed by atoms with Crippen molar-refractivity contribution in [2.45, 2.75) is 45.7 Å². The molecule has 0 aromatic carbocycles. The molecule has 0 aromatic rings. The quantitative estimate of drug-likeness (QED) is 0.711. The molecule has 0 saturated carbocycles. The van der Waals surface area contributed by atoms with Crippen LogP contribution in [0.15, 0.2) is 0 Å². The number of primary sulfonamides is 1. The van der Waals surface area contributed by atoms with E-state index in [1.807, 2.05) is 13.8 Å². The van der Waals surface area contributed by atoms with Crippen LogP contribution in [0.5, 0.6) is 0 Å². The molecule has 0 fully saturated rings. The lowest BCUT2D eigenvalue weighted by molar-refractivity contribution is -0.180. The van der Waals surface area contributed by atoms with E-state index < -0.39 is 28.2 Å². The van der Waals surface area contributed by atoms with Crippen LogP contribution in [-0.4, -0.2) is 33.6 Å². The van der Waals surface area contributed by atoms with Gasteiger partial charge in [0.05, 0.1) is 12.4 Å². The Morgan fingerprint density at radius 1 is 1.05 bits per heavy atom. The van der Waals surface area contributed by atoms with Crippen LogP contribution in [0.3, 0.4) is 0 Å². The predicted octanol–water partition coefficient (Wildman–Crippen LogP) is 2.44. The topological polar surface area (TPSA) is 69.4 Å². The standard InChI is InChI=1S/C11H22F3NO3S/c1-3-5-10(6-4-2,9-19(15,16)17)7-18-8-11(12,13)14/h3-9H2,1-2H3,(H2,15,16,17). The van der Waals surface area contributed by atoms with Crippen molar-refractivity contribution in [1.82, 2.24) is 0 Å². The SMILES string of the molecule is CCCC(CCC)(COCC(F)(F)F)CS(N)(=O)=O. The largest absolute Gasteiger partial charge is 0.411 e. The van der Waals surface area contributed by atoms with Gasteiger partial charge in [-0.2, -0.15) is 13.2 Å². The first-order valence-corrected chi connectivity index (χ1v) is 7.90. The highest BCUT2D eigenvalue weighted by molar-refractivity contribution is 7.89. The van der Waals surface area contributed by atoms with Crippen molar-refractivity contribution in [2.24, 2.45) is 10.6 Å². The van der Waals surface area contributed by atoms with Gasteiger partial charge >= 0.3 is 6.18 Å². The van der Waals surface area contributed by atoms with E-state index in [0.717, 1.165) is 0 Å². The minimum absolute atomic E-state index is 0.245. The van der Waals surface area contributed by atoms with Crippen LogP contribution < -0.4 is 5.14 Å². The minimum atomic E-state index is -4.41. The molecule has 0 heterocycles. The molecule has 0 amide bonds. The molecule has 19 heavy (non-hydrogen) atoms. The van der Waals surface area contributed by atoms with Crippen molar-refractivity contribution in [3.8, 4) is 0 Å². The second-order valence-electron chi connectivity index (χ2n) is 4.92. The van der Waals surface area contributed by atoms with E-state index in [-0.39, 0.29) is 12.4 Å². The van der Waals surface area contributed by atoms with Crippen LogP contribution in [0.2, 0.25) is 0 Å². The Hall–Kier alpha value is -0.340. The molecule has 0 aliphatic rings. The Morgan fingerprint density at radius 3 is 1.84 bits per heavy atom. The van der Waals surface area contributed by atoms with Crippen molar-refractivity contribution in [1.29, 1.82) is 0 Å². The first-order chi connectivity index (χ1) is 8.54. The lowest BCUT2D eigenvalue weighted by atomic mass is 9.82. The van der Waals surface area contributed by atoms with E-state index >= 15 is 0 Å². The smallest absolute Gasteiger partial charge is 0.371 e. The summed E-state index contributed by atoms with van der Waals surface area (Å²) in [6, 6.07) is 0. The van der Waals surface area contributed by atoms with Gasteiger partial charge in [0.1, 0.15) is 6.61 Å². The number of rotatable bonds is 9. The number of hydrogen-bond donors (Lipinski definition) is 1. The number of hydrogen-bond acceptors (Lipinski definition) is 3. The summed E-state index contributed by atoms with van der Waals surface area (Å²) >= 11 is 0. The summed E-state index contributed by atoms with van der Waals surface area (Å²) in [7, 11) is -3.75. The second kappa shape index (κ2) is 7.44. The number of ether oxygens (including phenoxy) is 1. The third-order valence-corrected chi connectivity index (χ3v) is 3.76. The van der Waals surface area contributed by atoms with Crippen molar-refractivity contribution in [2.75, 3.05) is 19.0 Å². The fraction of sp³-hybridized carbons (Fsp3) is 1.00.